The van der Waals surface area contributed by atoms with Crippen LogP contribution in [0, 0.1) is 5.92 Å². The van der Waals surface area contributed by atoms with Gasteiger partial charge in [0.2, 0.25) is 0 Å². The smallest absolute Gasteiger partial charge is 0.0313 e. The fourth-order valence-corrected chi connectivity index (χ4v) is 1.71. The second kappa shape index (κ2) is 10.0. The second-order valence-electron chi connectivity index (χ2n) is 4.49. The van der Waals surface area contributed by atoms with Gasteiger partial charge in [-0.3, -0.25) is 0 Å². The normalized spacial score (nSPS) is 13.9. The zero-order valence-corrected chi connectivity index (χ0v) is 10.9. The summed E-state index contributed by atoms with van der Waals surface area (Å²) >= 11 is 0. The SMILES string of the molecule is C=CCCC=C(CC)CCCC(C)CC. The van der Waals surface area contributed by atoms with Gasteiger partial charge in [0.15, 0.2) is 0 Å². The van der Waals surface area contributed by atoms with Gasteiger partial charge in [-0.2, -0.15) is 0 Å². The average molecular weight is 208 g/mol. The van der Waals surface area contributed by atoms with Crippen LogP contribution < -0.4 is 0 Å². The van der Waals surface area contributed by atoms with Crippen LogP contribution in [0.2, 0.25) is 0 Å². The minimum absolute atomic E-state index is 0.899. The van der Waals surface area contributed by atoms with Crippen LogP contribution in [0.15, 0.2) is 24.3 Å². The zero-order valence-electron chi connectivity index (χ0n) is 10.9. The molecule has 0 nitrogen and oxygen atoms in total. The van der Waals surface area contributed by atoms with Gasteiger partial charge in [-0.05, 0) is 38.0 Å². The van der Waals surface area contributed by atoms with Gasteiger partial charge < -0.3 is 0 Å². The van der Waals surface area contributed by atoms with E-state index in [2.05, 4.69) is 33.4 Å². The lowest BCUT2D eigenvalue weighted by atomic mass is 9.97. The minimum atomic E-state index is 0.899. The lowest BCUT2D eigenvalue weighted by Crippen LogP contribution is -1.92. The summed E-state index contributed by atoms with van der Waals surface area (Å²) in [6.45, 7) is 10.7. The molecule has 0 saturated carbocycles. The molecule has 0 bridgehead atoms. The highest BCUT2D eigenvalue weighted by atomic mass is 14.1. The van der Waals surface area contributed by atoms with Gasteiger partial charge in [0, 0.05) is 0 Å². The van der Waals surface area contributed by atoms with Gasteiger partial charge in [0.25, 0.3) is 0 Å². The highest BCUT2D eigenvalue weighted by Gasteiger charge is 1.99. The first kappa shape index (κ1) is 14.5. The van der Waals surface area contributed by atoms with Crippen LogP contribution in [0.4, 0.5) is 0 Å². The maximum atomic E-state index is 3.75. The Labute approximate surface area is 96.5 Å². The van der Waals surface area contributed by atoms with Gasteiger partial charge >= 0.3 is 0 Å². The summed E-state index contributed by atoms with van der Waals surface area (Å²) in [5, 5.41) is 0. The number of hydrogen-bond acceptors (Lipinski definition) is 0. The third kappa shape index (κ3) is 8.47. The molecule has 0 rings (SSSR count). The van der Waals surface area contributed by atoms with Crippen LogP contribution in [-0.2, 0) is 0 Å². The van der Waals surface area contributed by atoms with Crippen molar-refractivity contribution in [2.24, 2.45) is 5.92 Å². The summed E-state index contributed by atoms with van der Waals surface area (Å²) in [7, 11) is 0. The van der Waals surface area contributed by atoms with Crippen LogP contribution in [0.25, 0.3) is 0 Å². The maximum Gasteiger partial charge on any atom is -0.0313 e. The molecular formula is C15H28. The standard InChI is InChI=1S/C15H28/c1-5-8-9-12-15(7-3)13-10-11-14(4)6-2/h5,12,14H,1,6-11,13H2,2-4H3. The van der Waals surface area contributed by atoms with E-state index in [1.807, 2.05) is 6.08 Å². The highest BCUT2D eigenvalue weighted by molar-refractivity contribution is 5.01. The van der Waals surface area contributed by atoms with Crippen LogP contribution in [0.1, 0.15) is 65.7 Å². The van der Waals surface area contributed by atoms with Crippen LogP contribution in [0.3, 0.4) is 0 Å². The second-order valence-corrected chi connectivity index (χ2v) is 4.49. The first-order valence-corrected chi connectivity index (χ1v) is 6.53. The maximum absolute atomic E-state index is 3.75. The van der Waals surface area contributed by atoms with Gasteiger partial charge in [0.05, 0.1) is 0 Å². The first-order chi connectivity index (χ1) is 7.24. The van der Waals surface area contributed by atoms with Crippen molar-refractivity contribution in [1.29, 1.82) is 0 Å². The zero-order chi connectivity index (χ0) is 11.5. The van der Waals surface area contributed by atoms with E-state index in [9.17, 15) is 0 Å². The Morgan fingerprint density at radius 1 is 1.27 bits per heavy atom. The molecule has 1 unspecified atom stereocenters. The minimum Gasteiger partial charge on any atom is -0.103 e. The number of rotatable bonds is 9. The van der Waals surface area contributed by atoms with Crippen molar-refractivity contribution < 1.29 is 0 Å². The Balaban J connectivity index is 3.69. The Morgan fingerprint density at radius 2 is 2.00 bits per heavy atom. The van der Waals surface area contributed by atoms with Crippen LogP contribution in [0.5, 0.6) is 0 Å². The van der Waals surface area contributed by atoms with Gasteiger partial charge in [-0.1, -0.05) is 51.3 Å². The van der Waals surface area contributed by atoms with E-state index in [0.29, 0.717) is 0 Å². The summed E-state index contributed by atoms with van der Waals surface area (Å²) in [6, 6.07) is 0. The summed E-state index contributed by atoms with van der Waals surface area (Å²) < 4.78 is 0. The van der Waals surface area contributed by atoms with Crippen molar-refractivity contribution in [1.82, 2.24) is 0 Å². The van der Waals surface area contributed by atoms with Crippen molar-refractivity contribution in [3.63, 3.8) is 0 Å². The molecule has 0 aromatic carbocycles. The molecule has 1 atom stereocenters. The quantitative estimate of drug-likeness (QED) is 0.346. The summed E-state index contributed by atoms with van der Waals surface area (Å²) in [5.74, 6) is 0.899. The number of allylic oxidation sites excluding steroid dienone is 3. The predicted molar refractivity (Wildman–Crippen MR) is 71.1 cm³/mol. The van der Waals surface area contributed by atoms with Crippen LogP contribution in [-0.4, -0.2) is 0 Å². The lowest BCUT2D eigenvalue weighted by Gasteiger charge is -2.09. The van der Waals surface area contributed by atoms with E-state index in [0.717, 1.165) is 12.3 Å². The number of hydrogen-bond donors (Lipinski definition) is 0. The molecule has 0 spiro atoms. The molecule has 0 fully saturated rings. The van der Waals surface area contributed by atoms with E-state index in [1.165, 1.54) is 38.5 Å². The topological polar surface area (TPSA) is 0 Å². The fraction of sp³-hybridized carbons (Fsp3) is 0.733. The summed E-state index contributed by atoms with van der Waals surface area (Å²) in [6.07, 6.45) is 13.3. The fourth-order valence-electron chi connectivity index (χ4n) is 1.71. The third-order valence-electron chi connectivity index (χ3n) is 3.15. The largest absolute Gasteiger partial charge is 0.103 e. The lowest BCUT2D eigenvalue weighted by molar-refractivity contribution is 0.493. The van der Waals surface area contributed by atoms with E-state index in [4.69, 9.17) is 0 Å². The molecule has 0 radical (unpaired) electrons. The van der Waals surface area contributed by atoms with Crippen molar-refractivity contribution in [3.8, 4) is 0 Å². The number of unbranched alkanes of at least 4 members (excludes halogenated alkanes) is 1. The molecule has 0 aliphatic rings. The molecule has 0 aliphatic heterocycles. The molecule has 88 valence electrons. The third-order valence-corrected chi connectivity index (χ3v) is 3.15. The molecular weight excluding hydrogens is 180 g/mol. The van der Waals surface area contributed by atoms with Gasteiger partial charge in [-0.15, -0.1) is 6.58 Å². The molecule has 15 heavy (non-hydrogen) atoms. The predicted octanol–water partition coefficient (Wildman–Crippen LogP) is 5.51. The highest BCUT2D eigenvalue weighted by Crippen LogP contribution is 2.17. The Morgan fingerprint density at radius 3 is 2.53 bits per heavy atom. The molecule has 0 heteroatoms. The molecule has 0 aromatic heterocycles. The van der Waals surface area contributed by atoms with E-state index in [1.54, 1.807) is 5.57 Å². The van der Waals surface area contributed by atoms with E-state index in [-0.39, 0.29) is 0 Å². The molecule has 0 N–H and O–H groups in total. The van der Waals surface area contributed by atoms with E-state index < -0.39 is 0 Å². The molecule has 0 saturated heterocycles. The van der Waals surface area contributed by atoms with E-state index >= 15 is 0 Å². The summed E-state index contributed by atoms with van der Waals surface area (Å²) in [4.78, 5) is 0. The Hall–Kier alpha value is -0.520. The molecule has 0 aromatic rings. The first-order valence-electron chi connectivity index (χ1n) is 6.53. The van der Waals surface area contributed by atoms with Crippen molar-refractivity contribution >= 4 is 0 Å². The van der Waals surface area contributed by atoms with Gasteiger partial charge in [0.1, 0.15) is 0 Å². The summed E-state index contributed by atoms with van der Waals surface area (Å²) in [5.41, 5.74) is 1.64. The molecule has 0 heterocycles. The molecule has 0 aliphatic carbocycles. The Kier molecular flexibility index (Phi) is 9.67. The average Bonchev–Trinajstić information content (AvgIpc) is 2.26. The van der Waals surface area contributed by atoms with Gasteiger partial charge in [-0.25, -0.2) is 0 Å². The molecule has 0 amide bonds. The van der Waals surface area contributed by atoms with Crippen molar-refractivity contribution in [2.45, 2.75) is 65.7 Å². The van der Waals surface area contributed by atoms with Crippen molar-refractivity contribution in [2.75, 3.05) is 0 Å². The van der Waals surface area contributed by atoms with Crippen LogP contribution >= 0.6 is 0 Å². The monoisotopic (exact) mass is 208 g/mol. The Bertz CT molecular complexity index is 176. The van der Waals surface area contributed by atoms with Crippen molar-refractivity contribution in [3.05, 3.63) is 24.3 Å².